The molecule has 0 spiro atoms. The van der Waals surface area contributed by atoms with Gasteiger partial charge in [0.1, 0.15) is 0 Å². The Morgan fingerprint density at radius 3 is 1.17 bits per heavy atom. The van der Waals surface area contributed by atoms with Crippen molar-refractivity contribution in [1.29, 1.82) is 0 Å². The molecule has 0 saturated carbocycles. The molecule has 1 N–H and O–H groups in total. The molecule has 0 atom stereocenters. The molecule has 23 heavy (non-hydrogen) atoms. The highest BCUT2D eigenvalue weighted by Gasteiger charge is 1.97. The Labute approximate surface area is 142 Å². The van der Waals surface area contributed by atoms with Crippen molar-refractivity contribution in [3.63, 3.8) is 0 Å². The lowest BCUT2D eigenvalue weighted by atomic mass is 10.2. The monoisotopic (exact) mass is 337 g/mol. The second-order valence-electron chi connectivity index (χ2n) is 4.42. The Morgan fingerprint density at radius 1 is 0.783 bits per heavy atom. The largest absolute Gasteiger partial charge is 0.218 e. The van der Waals surface area contributed by atoms with Gasteiger partial charge in [0.25, 0.3) is 0 Å². The number of hydrogen-bond acceptors (Lipinski definition) is 2. The predicted octanol–water partition coefficient (Wildman–Crippen LogP) is 4.57. The first-order chi connectivity index (χ1) is 10.9. The van der Waals surface area contributed by atoms with E-state index in [4.69, 9.17) is 0 Å². The lowest BCUT2D eigenvalue weighted by Crippen LogP contribution is -2.19. The fourth-order valence-corrected chi connectivity index (χ4v) is 1.50. The van der Waals surface area contributed by atoms with Crippen molar-refractivity contribution in [2.75, 3.05) is 12.8 Å². The second-order valence-corrected chi connectivity index (χ2v) is 6.63. The molecule has 0 aliphatic heterocycles. The van der Waals surface area contributed by atoms with Crippen LogP contribution in [0.25, 0.3) is 0 Å². The molecule has 0 bridgehead atoms. The van der Waals surface area contributed by atoms with Crippen LogP contribution in [0, 0.1) is 13.8 Å². The minimum Gasteiger partial charge on any atom is -0.218 e. The summed E-state index contributed by atoms with van der Waals surface area (Å²) in [5.74, 6) is 0.156. The van der Waals surface area contributed by atoms with E-state index in [0.29, 0.717) is 0 Å². The van der Waals surface area contributed by atoms with E-state index in [2.05, 4.69) is 42.8 Å². The van der Waals surface area contributed by atoms with Gasteiger partial charge in [0.05, 0.1) is 5.75 Å². The van der Waals surface area contributed by atoms with Gasteiger partial charge in [-0.15, -0.1) is 0 Å². The average Bonchev–Trinajstić information content (AvgIpc) is 2.59. The molecule has 0 fully saturated rings. The van der Waals surface area contributed by atoms with Gasteiger partial charge < -0.3 is 0 Å². The molecule has 0 aliphatic carbocycles. The molecule has 0 aromatic heterocycles. The number of aryl methyl sites for hydroxylation is 2. The van der Waals surface area contributed by atoms with E-state index < -0.39 is 10.0 Å². The van der Waals surface area contributed by atoms with Crippen LogP contribution in [0.3, 0.4) is 0 Å². The predicted molar refractivity (Wildman–Crippen MR) is 102 cm³/mol. The Kier molecular flexibility index (Phi) is 15.7. The van der Waals surface area contributed by atoms with E-state index in [1.165, 1.54) is 18.2 Å². The van der Waals surface area contributed by atoms with Crippen LogP contribution in [-0.4, -0.2) is 21.2 Å². The van der Waals surface area contributed by atoms with Crippen molar-refractivity contribution < 1.29 is 8.42 Å². The quantitative estimate of drug-likeness (QED) is 0.872. The van der Waals surface area contributed by atoms with Gasteiger partial charge in [-0.05, 0) is 27.8 Å². The average molecular weight is 338 g/mol. The summed E-state index contributed by atoms with van der Waals surface area (Å²) in [5.41, 5.74) is 2.64. The lowest BCUT2D eigenvalue weighted by Gasteiger charge is -1.92. The lowest BCUT2D eigenvalue weighted by molar-refractivity contribution is 0.589. The molecule has 4 heteroatoms. The molecule has 0 unspecified atom stereocenters. The molecule has 2 aromatic rings. The summed E-state index contributed by atoms with van der Waals surface area (Å²) in [6.45, 7) is 9.76. The van der Waals surface area contributed by atoms with Crippen LogP contribution < -0.4 is 4.72 Å². The number of nitrogens with one attached hydrogen (secondary N) is 1. The first kappa shape index (κ1) is 23.6. The maximum atomic E-state index is 10.3. The third-order valence-electron chi connectivity index (χ3n) is 2.57. The molecular formula is C19H31NO2S. The van der Waals surface area contributed by atoms with Crippen molar-refractivity contribution in [2.24, 2.45) is 0 Å². The smallest absolute Gasteiger partial charge is 0.211 e. The second kappa shape index (κ2) is 15.3. The third-order valence-corrected chi connectivity index (χ3v) is 3.95. The van der Waals surface area contributed by atoms with Gasteiger partial charge >= 0.3 is 0 Å². The van der Waals surface area contributed by atoms with Crippen LogP contribution in [0.2, 0.25) is 0 Å². The van der Waals surface area contributed by atoms with Crippen LogP contribution in [0.5, 0.6) is 0 Å². The minimum absolute atomic E-state index is 0.156. The highest BCUT2D eigenvalue weighted by molar-refractivity contribution is 7.89. The van der Waals surface area contributed by atoms with E-state index in [9.17, 15) is 8.42 Å². The van der Waals surface area contributed by atoms with Crippen LogP contribution in [0.1, 0.15) is 31.9 Å². The summed E-state index contributed by atoms with van der Waals surface area (Å²) < 4.78 is 22.7. The maximum Gasteiger partial charge on any atom is 0.211 e. The van der Waals surface area contributed by atoms with Crippen LogP contribution in [0.4, 0.5) is 0 Å². The molecule has 3 nitrogen and oxygen atoms in total. The molecule has 0 heterocycles. The molecule has 2 aromatic carbocycles. The van der Waals surface area contributed by atoms with E-state index in [-0.39, 0.29) is 5.75 Å². The fourth-order valence-electron chi connectivity index (χ4n) is 1.21. The number of hydrogen-bond donors (Lipinski definition) is 1. The first-order valence-corrected chi connectivity index (χ1v) is 9.51. The highest BCUT2D eigenvalue weighted by Crippen LogP contribution is 1.92. The maximum absolute atomic E-state index is 10.3. The van der Waals surface area contributed by atoms with E-state index >= 15 is 0 Å². The topological polar surface area (TPSA) is 46.2 Å². The summed E-state index contributed by atoms with van der Waals surface area (Å²) in [5, 5.41) is 0. The summed E-state index contributed by atoms with van der Waals surface area (Å²) in [6.07, 6.45) is 0. The van der Waals surface area contributed by atoms with E-state index in [1.807, 2.05) is 50.2 Å². The minimum atomic E-state index is -2.91. The molecule has 0 saturated heterocycles. The Hall–Kier alpha value is -1.65. The van der Waals surface area contributed by atoms with Crippen LogP contribution in [0.15, 0.2) is 60.7 Å². The van der Waals surface area contributed by atoms with E-state index in [0.717, 1.165) is 0 Å². The Morgan fingerprint density at radius 2 is 1.09 bits per heavy atom. The molecule has 130 valence electrons. The summed E-state index contributed by atoms with van der Waals surface area (Å²) in [7, 11) is -1.51. The van der Waals surface area contributed by atoms with Crippen molar-refractivity contribution in [2.45, 2.75) is 34.6 Å². The zero-order chi connectivity index (χ0) is 18.1. The summed E-state index contributed by atoms with van der Waals surface area (Å²) >= 11 is 0. The number of sulfonamides is 1. The SMILES string of the molecule is CC.CCS(=O)(=O)NC.Cc1ccccc1.Cc1ccccc1. The van der Waals surface area contributed by atoms with Gasteiger partial charge in [0.15, 0.2) is 0 Å². The first-order valence-electron chi connectivity index (χ1n) is 7.85. The van der Waals surface area contributed by atoms with Crippen molar-refractivity contribution >= 4 is 10.0 Å². The molecule has 0 aliphatic rings. The highest BCUT2D eigenvalue weighted by atomic mass is 32.2. The molecular weight excluding hydrogens is 306 g/mol. The molecule has 2 rings (SSSR count). The third kappa shape index (κ3) is 16.5. The molecule has 0 amide bonds. The van der Waals surface area contributed by atoms with Gasteiger partial charge in [0, 0.05) is 0 Å². The molecule has 0 radical (unpaired) electrons. The van der Waals surface area contributed by atoms with Gasteiger partial charge in [-0.1, -0.05) is 85.6 Å². The van der Waals surface area contributed by atoms with E-state index in [1.54, 1.807) is 6.92 Å². The van der Waals surface area contributed by atoms with Gasteiger partial charge in [-0.3, -0.25) is 0 Å². The Bertz CT molecular complexity index is 519. The van der Waals surface area contributed by atoms with Crippen LogP contribution in [-0.2, 0) is 10.0 Å². The fraction of sp³-hybridized carbons (Fsp3) is 0.368. The summed E-state index contributed by atoms with van der Waals surface area (Å²) in [6, 6.07) is 20.5. The van der Waals surface area contributed by atoms with Crippen LogP contribution >= 0.6 is 0 Å². The Balaban J connectivity index is 0. The van der Waals surface area contributed by atoms with Crippen molar-refractivity contribution in [3.8, 4) is 0 Å². The zero-order valence-corrected chi connectivity index (χ0v) is 16.0. The number of rotatable bonds is 2. The van der Waals surface area contributed by atoms with Gasteiger partial charge in [-0.2, -0.15) is 0 Å². The van der Waals surface area contributed by atoms with Crippen molar-refractivity contribution in [1.82, 2.24) is 4.72 Å². The standard InChI is InChI=1S/2C7H8.C3H9NO2S.C2H6/c2*1-7-5-3-2-4-6-7;1-3-7(5,6)4-2;1-2/h2*2-6H,1H3;4H,3H2,1-2H3;1-2H3. The normalized spacial score (nSPS) is 9.13. The van der Waals surface area contributed by atoms with Crippen molar-refractivity contribution in [3.05, 3.63) is 71.8 Å². The zero-order valence-electron chi connectivity index (χ0n) is 15.2. The van der Waals surface area contributed by atoms with Gasteiger partial charge in [-0.25, -0.2) is 13.1 Å². The van der Waals surface area contributed by atoms with Gasteiger partial charge in [0.2, 0.25) is 10.0 Å². The number of benzene rings is 2. The summed E-state index contributed by atoms with van der Waals surface area (Å²) in [4.78, 5) is 0.